The highest BCUT2D eigenvalue weighted by Crippen LogP contribution is 2.39. The second kappa shape index (κ2) is 6.78. The second-order valence-corrected chi connectivity index (χ2v) is 8.25. The van der Waals surface area contributed by atoms with Crippen LogP contribution in [-0.4, -0.2) is 35.1 Å². The van der Waals surface area contributed by atoms with E-state index in [0.29, 0.717) is 17.9 Å². The van der Waals surface area contributed by atoms with E-state index >= 15 is 0 Å². The number of primary amides is 1. The van der Waals surface area contributed by atoms with Crippen LogP contribution in [0, 0.1) is 12.3 Å². The highest BCUT2D eigenvalue weighted by molar-refractivity contribution is 6.07. The summed E-state index contributed by atoms with van der Waals surface area (Å²) >= 11 is 0. The molecule has 1 aliphatic carbocycles. The third-order valence-corrected chi connectivity index (χ3v) is 5.35. The number of piperidine rings is 1. The average Bonchev–Trinajstić information content (AvgIpc) is 2.87. The van der Waals surface area contributed by atoms with Gasteiger partial charge < -0.3 is 15.1 Å². The zero-order valence-corrected chi connectivity index (χ0v) is 16.0. The summed E-state index contributed by atoms with van der Waals surface area (Å²) in [4.78, 5) is 26.1. The van der Waals surface area contributed by atoms with Crippen LogP contribution in [-0.2, 0) is 6.42 Å². The van der Waals surface area contributed by atoms with Crippen LogP contribution in [0.25, 0.3) is 0 Å². The van der Waals surface area contributed by atoms with E-state index in [9.17, 15) is 9.59 Å². The minimum atomic E-state index is -0.706. The van der Waals surface area contributed by atoms with Crippen molar-refractivity contribution in [3.63, 3.8) is 0 Å². The zero-order valence-electron chi connectivity index (χ0n) is 16.0. The molecule has 2 aliphatic rings. The van der Waals surface area contributed by atoms with Gasteiger partial charge in [-0.3, -0.25) is 4.79 Å². The first-order valence-electron chi connectivity index (χ1n) is 9.25. The standard InChI is InChI=1S/C19H28N4O3/c1-11-7-5-6-8-23(11)17(24)16-12(2)15-13(21-22-18(20)25)9-19(3,4)10-14(15)26-16/h11H,5-10H2,1-4H3,(H3,20,22,25)/b21-13-. The highest BCUT2D eigenvalue weighted by Gasteiger charge is 2.37. The highest BCUT2D eigenvalue weighted by atomic mass is 16.4. The number of likely N-dealkylation sites (tertiary alicyclic amines) is 1. The van der Waals surface area contributed by atoms with Gasteiger partial charge in [0.15, 0.2) is 5.76 Å². The molecule has 3 rings (SSSR count). The number of carbonyl (C=O) groups is 2. The van der Waals surface area contributed by atoms with Gasteiger partial charge >= 0.3 is 6.03 Å². The molecule has 0 saturated carbocycles. The third kappa shape index (κ3) is 3.48. The van der Waals surface area contributed by atoms with Gasteiger partial charge in [0.05, 0.1) is 5.71 Å². The fraction of sp³-hybridized carbons (Fsp3) is 0.632. The number of urea groups is 1. The quantitative estimate of drug-likeness (QED) is 0.793. The van der Waals surface area contributed by atoms with E-state index in [1.165, 1.54) is 0 Å². The molecule has 26 heavy (non-hydrogen) atoms. The van der Waals surface area contributed by atoms with Gasteiger partial charge in [0.25, 0.3) is 5.91 Å². The number of hydrazone groups is 1. The molecule has 1 aromatic heterocycles. The smallest absolute Gasteiger partial charge is 0.332 e. The van der Waals surface area contributed by atoms with Gasteiger partial charge in [0.2, 0.25) is 0 Å². The summed E-state index contributed by atoms with van der Waals surface area (Å²) in [5.74, 6) is 1.11. The van der Waals surface area contributed by atoms with Crippen LogP contribution in [0.5, 0.6) is 0 Å². The predicted molar refractivity (Wildman–Crippen MR) is 99.2 cm³/mol. The van der Waals surface area contributed by atoms with Crippen LogP contribution < -0.4 is 11.2 Å². The predicted octanol–water partition coefficient (Wildman–Crippen LogP) is 2.95. The molecular formula is C19H28N4O3. The third-order valence-electron chi connectivity index (χ3n) is 5.35. The van der Waals surface area contributed by atoms with Crippen molar-refractivity contribution in [3.05, 3.63) is 22.6 Å². The lowest BCUT2D eigenvalue weighted by molar-refractivity contribution is 0.0599. The van der Waals surface area contributed by atoms with Crippen LogP contribution in [0.2, 0.25) is 0 Å². The molecule has 0 radical (unpaired) electrons. The van der Waals surface area contributed by atoms with Crippen molar-refractivity contribution >= 4 is 17.6 Å². The van der Waals surface area contributed by atoms with Crippen LogP contribution >= 0.6 is 0 Å². The molecule has 7 heteroatoms. The summed E-state index contributed by atoms with van der Waals surface area (Å²) in [5.41, 5.74) is 9.75. The van der Waals surface area contributed by atoms with Crippen LogP contribution in [0.3, 0.4) is 0 Å². The average molecular weight is 360 g/mol. The summed E-state index contributed by atoms with van der Waals surface area (Å²) in [6.45, 7) is 8.97. The first-order valence-corrected chi connectivity index (χ1v) is 9.25. The Kier molecular flexibility index (Phi) is 4.82. The lowest BCUT2D eigenvalue weighted by atomic mass is 9.75. The summed E-state index contributed by atoms with van der Waals surface area (Å²) in [6.07, 6.45) is 4.60. The number of amides is 3. The van der Waals surface area contributed by atoms with Crippen LogP contribution in [0.15, 0.2) is 9.52 Å². The summed E-state index contributed by atoms with van der Waals surface area (Å²) in [6, 6.07) is -0.485. The molecule has 1 unspecified atom stereocenters. The Labute approximate surface area is 154 Å². The van der Waals surface area contributed by atoms with Gasteiger partial charge in [-0.15, -0.1) is 0 Å². The molecule has 3 amide bonds. The summed E-state index contributed by atoms with van der Waals surface area (Å²) < 4.78 is 6.06. The zero-order chi connectivity index (χ0) is 19.1. The van der Waals surface area contributed by atoms with E-state index in [0.717, 1.165) is 49.1 Å². The first kappa shape index (κ1) is 18.5. The minimum Gasteiger partial charge on any atom is -0.455 e. The molecule has 142 valence electrons. The topological polar surface area (TPSA) is 101 Å². The van der Waals surface area contributed by atoms with Crippen molar-refractivity contribution in [2.75, 3.05) is 6.54 Å². The normalized spacial score (nSPS) is 23.6. The first-order chi connectivity index (χ1) is 12.2. The van der Waals surface area contributed by atoms with Crippen molar-refractivity contribution in [2.24, 2.45) is 16.3 Å². The maximum Gasteiger partial charge on any atom is 0.332 e. The van der Waals surface area contributed by atoms with Crippen LogP contribution in [0.4, 0.5) is 4.79 Å². The van der Waals surface area contributed by atoms with Crippen molar-refractivity contribution in [1.29, 1.82) is 0 Å². The lowest BCUT2D eigenvalue weighted by Crippen LogP contribution is -2.42. The summed E-state index contributed by atoms with van der Waals surface area (Å²) in [7, 11) is 0. The van der Waals surface area contributed by atoms with E-state index in [-0.39, 0.29) is 17.4 Å². The van der Waals surface area contributed by atoms with Gasteiger partial charge in [-0.05, 0) is 44.9 Å². The van der Waals surface area contributed by atoms with Crippen LogP contribution in [0.1, 0.15) is 73.9 Å². The van der Waals surface area contributed by atoms with E-state index in [2.05, 4.69) is 31.3 Å². The molecule has 0 bridgehead atoms. The number of nitrogens with two attached hydrogens (primary N) is 1. The minimum absolute atomic E-state index is 0.0517. The Morgan fingerprint density at radius 1 is 1.31 bits per heavy atom. The Hall–Kier alpha value is -2.31. The second-order valence-electron chi connectivity index (χ2n) is 8.25. The molecule has 7 nitrogen and oxygen atoms in total. The van der Waals surface area contributed by atoms with Crippen molar-refractivity contribution < 1.29 is 14.0 Å². The number of carbonyl (C=O) groups excluding carboxylic acids is 2. The van der Waals surface area contributed by atoms with Gasteiger partial charge in [0.1, 0.15) is 5.76 Å². The molecule has 1 saturated heterocycles. The van der Waals surface area contributed by atoms with Gasteiger partial charge in [-0.1, -0.05) is 13.8 Å². The Morgan fingerprint density at radius 2 is 2.04 bits per heavy atom. The lowest BCUT2D eigenvalue weighted by Gasteiger charge is -2.32. The molecule has 1 fully saturated rings. The van der Waals surface area contributed by atoms with Crippen molar-refractivity contribution in [2.45, 2.75) is 65.8 Å². The number of hydrogen-bond donors (Lipinski definition) is 2. The Balaban J connectivity index is 2.00. The molecule has 2 heterocycles. The van der Waals surface area contributed by atoms with Gasteiger partial charge in [0, 0.05) is 30.1 Å². The SMILES string of the molecule is Cc1c(C(=O)N2CCCCC2C)oc2c1/C(=N\NC(N)=O)CC(C)(C)C2. The Bertz CT molecular complexity index is 763. The fourth-order valence-electron chi connectivity index (χ4n) is 4.07. The van der Waals surface area contributed by atoms with Gasteiger partial charge in [-0.2, -0.15) is 5.10 Å². The molecule has 1 aliphatic heterocycles. The fourth-order valence-corrected chi connectivity index (χ4v) is 4.07. The molecule has 1 atom stereocenters. The number of nitrogens with one attached hydrogen (secondary N) is 1. The van der Waals surface area contributed by atoms with Gasteiger partial charge in [-0.25, -0.2) is 10.2 Å². The van der Waals surface area contributed by atoms with Crippen molar-refractivity contribution in [1.82, 2.24) is 10.3 Å². The van der Waals surface area contributed by atoms with E-state index < -0.39 is 6.03 Å². The Morgan fingerprint density at radius 3 is 2.69 bits per heavy atom. The number of furan rings is 1. The maximum atomic E-state index is 13.1. The molecule has 1 aromatic rings. The molecule has 3 N–H and O–H groups in total. The number of fused-ring (bicyclic) bond motifs is 1. The number of rotatable bonds is 2. The van der Waals surface area contributed by atoms with E-state index in [1.807, 2.05) is 11.8 Å². The molecule has 0 spiro atoms. The summed E-state index contributed by atoms with van der Waals surface area (Å²) in [5, 5.41) is 4.19. The maximum absolute atomic E-state index is 13.1. The number of hydrogen-bond acceptors (Lipinski definition) is 4. The monoisotopic (exact) mass is 360 g/mol. The van der Waals surface area contributed by atoms with E-state index in [1.54, 1.807) is 0 Å². The van der Waals surface area contributed by atoms with Crippen molar-refractivity contribution in [3.8, 4) is 0 Å². The molecular weight excluding hydrogens is 332 g/mol. The molecule has 0 aromatic carbocycles. The van der Waals surface area contributed by atoms with E-state index in [4.69, 9.17) is 10.2 Å². The number of nitrogens with zero attached hydrogens (tertiary/aromatic N) is 2. The largest absolute Gasteiger partial charge is 0.455 e.